The molecule has 0 aromatic rings. The summed E-state index contributed by atoms with van der Waals surface area (Å²) in [7, 11) is 2.21. The van der Waals surface area contributed by atoms with E-state index in [-0.39, 0.29) is 0 Å². The Morgan fingerprint density at radius 3 is 2.38 bits per heavy atom. The molecule has 0 aliphatic rings. The Balaban J connectivity index is 4.11. The molecule has 0 saturated carbocycles. The van der Waals surface area contributed by atoms with Crippen molar-refractivity contribution in [2.45, 2.75) is 40.2 Å². The summed E-state index contributed by atoms with van der Waals surface area (Å²) in [5, 5.41) is 0. The van der Waals surface area contributed by atoms with E-state index in [0.29, 0.717) is 6.04 Å². The number of hydrogen-bond donors (Lipinski definition) is 0. The van der Waals surface area contributed by atoms with Gasteiger partial charge in [0, 0.05) is 12.6 Å². The van der Waals surface area contributed by atoms with Gasteiger partial charge >= 0.3 is 0 Å². The fraction of sp³-hybridized carbons (Fsp3) is 0.600. The molecule has 0 radical (unpaired) electrons. The van der Waals surface area contributed by atoms with Gasteiger partial charge in [-0.25, -0.2) is 0 Å². The van der Waals surface area contributed by atoms with Crippen LogP contribution in [0.25, 0.3) is 0 Å². The summed E-state index contributed by atoms with van der Waals surface area (Å²) in [5.74, 6) is 0.734. The molecule has 0 spiro atoms. The van der Waals surface area contributed by atoms with Crippen molar-refractivity contribution in [3.63, 3.8) is 0 Å². The van der Waals surface area contributed by atoms with Crippen LogP contribution in [-0.2, 0) is 0 Å². The predicted molar refractivity (Wildman–Crippen MR) is 74.6 cm³/mol. The minimum Gasteiger partial charge on any atom is -0.303 e. The van der Waals surface area contributed by atoms with Crippen molar-refractivity contribution in [1.29, 1.82) is 0 Å². The van der Waals surface area contributed by atoms with Gasteiger partial charge in [0.15, 0.2) is 0 Å². The second-order valence-electron chi connectivity index (χ2n) is 5.02. The summed E-state index contributed by atoms with van der Waals surface area (Å²) >= 11 is 0. The van der Waals surface area contributed by atoms with E-state index in [2.05, 4.69) is 58.4 Å². The SMILES string of the molecule is C=C/C=C\C=C(/C)CC(C)N(C)CC(C)C. The van der Waals surface area contributed by atoms with Gasteiger partial charge in [-0.3, -0.25) is 0 Å². The van der Waals surface area contributed by atoms with E-state index in [4.69, 9.17) is 0 Å². The molecule has 0 heterocycles. The summed E-state index contributed by atoms with van der Waals surface area (Å²) in [5.41, 5.74) is 1.42. The maximum Gasteiger partial charge on any atom is 0.0101 e. The van der Waals surface area contributed by atoms with Crippen LogP contribution >= 0.6 is 0 Å². The van der Waals surface area contributed by atoms with Crippen molar-refractivity contribution in [2.24, 2.45) is 5.92 Å². The largest absolute Gasteiger partial charge is 0.303 e. The molecule has 0 N–H and O–H groups in total. The average molecular weight is 221 g/mol. The molecule has 1 atom stereocenters. The Hall–Kier alpha value is -0.820. The lowest BCUT2D eigenvalue weighted by atomic mass is 10.1. The van der Waals surface area contributed by atoms with Crippen LogP contribution in [-0.4, -0.2) is 24.5 Å². The van der Waals surface area contributed by atoms with Crippen LogP contribution in [0.3, 0.4) is 0 Å². The van der Waals surface area contributed by atoms with E-state index >= 15 is 0 Å². The Bertz CT molecular complexity index is 248. The maximum absolute atomic E-state index is 3.66. The van der Waals surface area contributed by atoms with Crippen LogP contribution in [0.15, 0.2) is 36.5 Å². The lowest BCUT2D eigenvalue weighted by molar-refractivity contribution is 0.229. The van der Waals surface area contributed by atoms with Gasteiger partial charge in [0.25, 0.3) is 0 Å². The van der Waals surface area contributed by atoms with Crippen molar-refractivity contribution < 1.29 is 0 Å². The summed E-state index contributed by atoms with van der Waals surface area (Å²) in [6.45, 7) is 13.8. The highest BCUT2D eigenvalue weighted by atomic mass is 15.1. The zero-order valence-corrected chi connectivity index (χ0v) is 11.5. The van der Waals surface area contributed by atoms with Crippen LogP contribution < -0.4 is 0 Å². The first kappa shape index (κ1) is 15.2. The number of allylic oxidation sites excluding steroid dienone is 4. The molecular formula is C15H27N. The fourth-order valence-electron chi connectivity index (χ4n) is 1.74. The van der Waals surface area contributed by atoms with Crippen molar-refractivity contribution in [2.75, 3.05) is 13.6 Å². The van der Waals surface area contributed by atoms with Crippen molar-refractivity contribution in [1.82, 2.24) is 4.90 Å². The van der Waals surface area contributed by atoms with Crippen molar-refractivity contribution >= 4 is 0 Å². The van der Waals surface area contributed by atoms with Gasteiger partial charge in [-0.2, -0.15) is 0 Å². The Kier molecular flexibility index (Phi) is 7.92. The van der Waals surface area contributed by atoms with Gasteiger partial charge in [0.05, 0.1) is 0 Å². The molecule has 0 amide bonds. The fourth-order valence-corrected chi connectivity index (χ4v) is 1.74. The van der Waals surface area contributed by atoms with Gasteiger partial charge in [0.2, 0.25) is 0 Å². The summed E-state index contributed by atoms with van der Waals surface area (Å²) in [6, 6.07) is 0.607. The third-order valence-corrected chi connectivity index (χ3v) is 2.65. The average Bonchev–Trinajstić information content (AvgIpc) is 2.16. The van der Waals surface area contributed by atoms with E-state index in [1.165, 1.54) is 5.57 Å². The van der Waals surface area contributed by atoms with E-state index in [0.717, 1.165) is 18.9 Å². The van der Waals surface area contributed by atoms with E-state index in [1.54, 1.807) is 6.08 Å². The zero-order valence-electron chi connectivity index (χ0n) is 11.5. The minimum atomic E-state index is 0.607. The normalized spacial score (nSPS) is 15.1. The van der Waals surface area contributed by atoms with Gasteiger partial charge in [0.1, 0.15) is 0 Å². The highest BCUT2D eigenvalue weighted by Gasteiger charge is 2.10. The lowest BCUT2D eigenvalue weighted by Gasteiger charge is -2.26. The molecule has 0 saturated heterocycles. The van der Waals surface area contributed by atoms with Crippen molar-refractivity contribution in [3.05, 3.63) is 36.5 Å². The van der Waals surface area contributed by atoms with E-state index < -0.39 is 0 Å². The van der Waals surface area contributed by atoms with Gasteiger partial charge in [-0.1, -0.05) is 50.3 Å². The predicted octanol–water partition coefficient (Wildman–Crippen LogP) is 4.04. The Morgan fingerprint density at radius 2 is 1.88 bits per heavy atom. The molecule has 1 unspecified atom stereocenters. The molecule has 92 valence electrons. The molecule has 16 heavy (non-hydrogen) atoms. The van der Waals surface area contributed by atoms with Crippen LogP contribution in [0, 0.1) is 5.92 Å². The molecular weight excluding hydrogens is 194 g/mol. The monoisotopic (exact) mass is 221 g/mol. The van der Waals surface area contributed by atoms with Crippen LogP contribution in [0.4, 0.5) is 0 Å². The second-order valence-corrected chi connectivity index (χ2v) is 5.02. The lowest BCUT2D eigenvalue weighted by Crippen LogP contribution is -2.32. The maximum atomic E-state index is 3.66. The molecule has 0 aliphatic heterocycles. The molecule has 0 aromatic heterocycles. The third kappa shape index (κ3) is 7.47. The van der Waals surface area contributed by atoms with E-state index in [1.807, 2.05) is 6.08 Å². The third-order valence-electron chi connectivity index (χ3n) is 2.65. The minimum absolute atomic E-state index is 0.607. The zero-order chi connectivity index (χ0) is 12.6. The van der Waals surface area contributed by atoms with Gasteiger partial charge < -0.3 is 4.90 Å². The molecule has 0 bridgehead atoms. The first-order valence-electron chi connectivity index (χ1n) is 6.12. The number of rotatable bonds is 7. The second kappa shape index (κ2) is 8.35. The van der Waals surface area contributed by atoms with Crippen LogP contribution in [0.1, 0.15) is 34.1 Å². The highest BCUT2D eigenvalue weighted by molar-refractivity contribution is 5.14. The Labute approximate surface area is 102 Å². The molecule has 1 heteroatoms. The van der Waals surface area contributed by atoms with Crippen LogP contribution in [0.5, 0.6) is 0 Å². The number of nitrogens with zero attached hydrogens (tertiary/aromatic N) is 1. The highest BCUT2D eigenvalue weighted by Crippen LogP contribution is 2.11. The van der Waals surface area contributed by atoms with Crippen LogP contribution in [0.2, 0.25) is 0 Å². The quantitative estimate of drug-likeness (QED) is 0.586. The summed E-state index contributed by atoms with van der Waals surface area (Å²) in [6.07, 6.45) is 9.12. The first-order chi connectivity index (χ1) is 7.47. The molecule has 1 nitrogen and oxygen atoms in total. The molecule has 0 fully saturated rings. The van der Waals surface area contributed by atoms with Gasteiger partial charge in [-0.15, -0.1) is 0 Å². The number of hydrogen-bond acceptors (Lipinski definition) is 1. The topological polar surface area (TPSA) is 3.24 Å². The first-order valence-corrected chi connectivity index (χ1v) is 6.12. The standard InChI is InChI=1S/C15H27N/c1-7-8-9-10-14(4)11-15(5)16(6)12-13(2)3/h7-10,13,15H,1,11-12H2,2-6H3/b9-8-,14-10+. The molecule has 0 rings (SSSR count). The summed E-state index contributed by atoms with van der Waals surface area (Å²) < 4.78 is 0. The molecule has 0 aromatic carbocycles. The smallest absolute Gasteiger partial charge is 0.0101 e. The molecule has 0 aliphatic carbocycles. The summed E-state index contributed by atoms with van der Waals surface area (Å²) in [4.78, 5) is 2.43. The van der Waals surface area contributed by atoms with Gasteiger partial charge in [-0.05, 0) is 33.2 Å². The van der Waals surface area contributed by atoms with Crippen molar-refractivity contribution in [3.8, 4) is 0 Å². The van der Waals surface area contributed by atoms with E-state index in [9.17, 15) is 0 Å². The Morgan fingerprint density at radius 1 is 1.25 bits per heavy atom.